The number of nitrogens with one attached hydrogen (secondary N) is 2. The van der Waals surface area contributed by atoms with Crippen molar-refractivity contribution < 1.29 is 4.79 Å². The van der Waals surface area contributed by atoms with Gasteiger partial charge in [-0.1, -0.05) is 42.1 Å². The molecule has 3 rings (SSSR count). The molecule has 0 aliphatic carbocycles. The van der Waals surface area contributed by atoms with Crippen molar-refractivity contribution >= 4 is 23.4 Å². The van der Waals surface area contributed by atoms with E-state index in [-0.39, 0.29) is 11.9 Å². The van der Waals surface area contributed by atoms with Crippen LogP contribution in [0.1, 0.15) is 6.92 Å². The van der Waals surface area contributed by atoms with E-state index in [2.05, 4.69) is 27.7 Å². The molecular formula is C19H23N3OS. The molecule has 2 aromatic rings. The Bertz CT molecular complexity index is 671. The molecule has 4 nitrogen and oxygen atoms in total. The SMILES string of the molecule is CC(C(=O)Nc1ccccc1Sc1ccccc1)N1CCNCC1. The Balaban J connectivity index is 1.69. The van der Waals surface area contributed by atoms with Gasteiger partial charge in [0.15, 0.2) is 0 Å². The molecule has 126 valence electrons. The third kappa shape index (κ3) is 4.38. The van der Waals surface area contributed by atoms with Gasteiger partial charge >= 0.3 is 0 Å². The molecule has 1 amide bonds. The number of piperazine rings is 1. The molecule has 2 aromatic carbocycles. The average Bonchev–Trinajstić information content (AvgIpc) is 2.64. The normalized spacial score (nSPS) is 16.5. The Morgan fingerprint density at radius 3 is 2.50 bits per heavy atom. The van der Waals surface area contributed by atoms with Gasteiger partial charge < -0.3 is 10.6 Å². The van der Waals surface area contributed by atoms with E-state index >= 15 is 0 Å². The Morgan fingerprint density at radius 2 is 1.75 bits per heavy atom. The molecule has 0 bridgehead atoms. The van der Waals surface area contributed by atoms with Gasteiger partial charge in [-0.25, -0.2) is 0 Å². The van der Waals surface area contributed by atoms with Crippen LogP contribution in [0.3, 0.4) is 0 Å². The highest BCUT2D eigenvalue weighted by Gasteiger charge is 2.23. The predicted molar refractivity (Wildman–Crippen MR) is 99.5 cm³/mol. The van der Waals surface area contributed by atoms with Crippen molar-refractivity contribution in [2.24, 2.45) is 0 Å². The predicted octanol–water partition coefficient (Wildman–Crippen LogP) is 3.07. The number of para-hydroxylation sites is 1. The van der Waals surface area contributed by atoms with E-state index in [0.29, 0.717) is 0 Å². The lowest BCUT2D eigenvalue weighted by Crippen LogP contribution is -2.51. The van der Waals surface area contributed by atoms with Gasteiger partial charge in [0.05, 0.1) is 11.7 Å². The summed E-state index contributed by atoms with van der Waals surface area (Å²) in [6, 6.07) is 18.1. The van der Waals surface area contributed by atoms with Crippen LogP contribution in [0, 0.1) is 0 Å². The molecule has 2 N–H and O–H groups in total. The van der Waals surface area contributed by atoms with Crippen LogP contribution in [0.5, 0.6) is 0 Å². The summed E-state index contributed by atoms with van der Waals surface area (Å²) < 4.78 is 0. The lowest BCUT2D eigenvalue weighted by atomic mass is 10.2. The van der Waals surface area contributed by atoms with Crippen LogP contribution < -0.4 is 10.6 Å². The number of carbonyl (C=O) groups excluding carboxylic acids is 1. The van der Waals surface area contributed by atoms with E-state index in [4.69, 9.17) is 0 Å². The van der Waals surface area contributed by atoms with Crippen LogP contribution in [-0.4, -0.2) is 43.0 Å². The molecule has 1 fully saturated rings. The fourth-order valence-electron chi connectivity index (χ4n) is 2.75. The number of anilines is 1. The second kappa shape index (κ2) is 8.33. The summed E-state index contributed by atoms with van der Waals surface area (Å²) in [6.07, 6.45) is 0. The van der Waals surface area contributed by atoms with Crippen LogP contribution in [0.2, 0.25) is 0 Å². The van der Waals surface area contributed by atoms with Crippen molar-refractivity contribution in [3.05, 3.63) is 54.6 Å². The standard InChI is InChI=1S/C19H23N3OS/c1-15(22-13-11-20-12-14-22)19(23)21-17-9-5-6-10-18(17)24-16-7-3-2-4-8-16/h2-10,15,20H,11-14H2,1H3,(H,21,23). The fraction of sp³-hybridized carbons (Fsp3) is 0.316. The highest BCUT2D eigenvalue weighted by atomic mass is 32.2. The molecule has 0 spiro atoms. The third-order valence-corrected chi connectivity index (χ3v) is 5.28. The Kier molecular flexibility index (Phi) is 5.91. The minimum absolute atomic E-state index is 0.0537. The Labute approximate surface area is 147 Å². The molecule has 1 aliphatic heterocycles. The average molecular weight is 341 g/mol. The van der Waals surface area contributed by atoms with Gasteiger partial charge in [0.2, 0.25) is 5.91 Å². The lowest BCUT2D eigenvalue weighted by molar-refractivity contribution is -0.121. The molecule has 24 heavy (non-hydrogen) atoms. The van der Waals surface area contributed by atoms with Crippen LogP contribution in [0.4, 0.5) is 5.69 Å². The molecule has 1 saturated heterocycles. The highest BCUT2D eigenvalue weighted by Crippen LogP contribution is 2.33. The maximum atomic E-state index is 12.6. The van der Waals surface area contributed by atoms with Crippen LogP contribution in [0.25, 0.3) is 0 Å². The first kappa shape index (κ1) is 17.0. The maximum absolute atomic E-state index is 12.6. The summed E-state index contributed by atoms with van der Waals surface area (Å²) in [4.78, 5) is 17.1. The van der Waals surface area contributed by atoms with Crippen molar-refractivity contribution in [2.45, 2.75) is 22.8 Å². The molecule has 0 aromatic heterocycles. The number of benzene rings is 2. The topological polar surface area (TPSA) is 44.4 Å². The zero-order chi connectivity index (χ0) is 16.8. The summed E-state index contributed by atoms with van der Waals surface area (Å²) >= 11 is 1.67. The first-order valence-corrected chi connectivity index (χ1v) is 9.13. The van der Waals surface area contributed by atoms with Crippen molar-refractivity contribution in [3.8, 4) is 0 Å². The third-order valence-electron chi connectivity index (χ3n) is 4.19. The van der Waals surface area contributed by atoms with Gasteiger partial charge in [-0.05, 0) is 31.2 Å². The molecule has 5 heteroatoms. The van der Waals surface area contributed by atoms with E-state index in [0.717, 1.165) is 41.7 Å². The van der Waals surface area contributed by atoms with Gasteiger partial charge in [0.25, 0.3) is 0 Å². The number of carbonyl (C=O) groups is 1. The van der Waals surface area contributed by atoms with Gasteiger partial charge in [0, 0.05) is 36.0 Å². The smallest absolute Gasteiger partial charge is 0.241 e. The zero-order valence-electron chi connectivity index (χ0n) is 13.9. The summed E-state index contributed by atoms with van der Waals surface area (Å²) in [5, 5.41) is 6.42. The summed E-state index contributed by atoms with van der Waals surface area (Å²) in [5.41, 5.74) is 0.873. The van der Waals surface area contributed by atoms with Crippen molar-refractivity contribution in [1.29, 1.82) is 0 Å². The number of amides is 1. The van der Waals surface area contributed by atoms with Crippen LogP contribution in [-0.2, 0) is 4.79 Å². The molecule has 0 radical (unpaired) electrons. The second-order valence-electron chi connectivity index (χ2n) is 5.86. The van der Waals surface area contributed by atoms with Gasteiger partial charge in [-0.3, -0.25) is 9.69 Å². The van der Waals surface area contributed by atoms with Crippen LogP contribution in [0.15, 0.2) is 64.4 Å². The zero-order valence-corrected chi connectivity index (χ0v) is 14.7. The fourth-order valence-corrected chi connectivity index (χ4v) is 3.67. The minimum atomic E-state index is -0.123. The van der Waals surface area contributed by atoms with E-state index < -0.39 is 0 Å². The Hall–Kier alpha value is -1.82. The Morgan fingerprint density at radius 1 is 1.08 bits per heavy atom. The van der Waals surface area contributed by atoms with Crippen molar-refractivity contribution in [2.75, 3.05) is 31.5 Å². The summed E-state index contributed by atoms with van der Waals surface area (Å²) in [5.74, 6) is 0.0537. The van der Waals surface area contributed by atoms with E-state index in [1.165, 1.54) is 0 Å². The van der Waals surface area contributed by atoms with Gasteiger partial charge in [0.1, 0.15) is 0 Å². The first-order chi connectivity index (χ1) is 11.7. The quantitative estimate of drug-likeness (QED) is 0.877. The van der Waals surface area contributed by atoms with Crippen molar-refractivity contribution in [3.63, 3.8) is 0 Å². The summed E-state index contributed by atoms with van der Waals surface area (Å²) in [6.45, 7) is 5.69. The summed E-state index contributed by atoms with van der Waals surface area (Å²) in [7, 11) is 0. The number of hydrogen-bond donors (Lipinski definition) is 2. The van der Waals surface area contributed by atoms with E-state index in [9.17, 15) is 4.79 Å². The van der Waals surface area contributed by atoms with Crippen LogP contribution >= 0.6 is 11.8 Å². The molecule has 0 saturated carbocycles. The van der Waals surface area contributed by atoms with Gasteiger partial charge in [-0.2, -0.15) is 0 Å². The van der Waals surface area contributed by atoms with Crippen molar-refractivity contribution in [1.82, 2.24) is 10.2 Å². The molecule has 1 aliphatic rings. The highest BCUT2D eigenvalue weighted by molar-refractivity contribution is 7.99. The maximum Gasteiger partial charge on any atom is 0.241 e. The number of hydrogen-bond acceptors (Lipinski definition) is 4. The monoisotopic (exact) mass is 341 g/mol. The molecule has 1 atom stereocenters. The van der Waals surface area contributed by atoms with Gasteiger partial charge in [-0.15, -0.1) is 0 Å². The molecule has 1 unspecified atom stereocenters. The molecular weight excluding hydrogens is 318 g/mol. The number of nitrogens with zero attached hydrogens (tertiary/aromatic N) is 1. The van der Waals surface area contributed by atoms with E-state index in [1.807, 2.05) is 49.4 Å². The van der Waals surface area contributed by atoms with E-state index in [1.54, 1.807) is 11.8 Å². The number of rotatable bonds is 5. The second-order valence-corrected chi connectivity index (χ2v) is 6.98. The molecule has 1 heterocycles. The lowest BCUT2D eigenvalue weighted by Gasteiger charge is -2.32. The minimum Gasteiger partial charge on any atom is -0.324 e. The largest absolute Gasteiger partial charge is 0.324 e. The first-order valence-electron chi connectivity index (χ1n) is 8.31.